The van der Waals surface area contributed by atoms with Gasteiger partial charge in [-0.05, 0) is 30.2 Å². The molecule has 3 heterocycles. The molecule has 0 spiro atoms. The van der Waals surface area contributed by atoms with Gasteiger partial charge in [0.1, 0.15) is 11.7 Å². The zero-order chi connectivity index (χ0) is 14.4. The Morgan fingerprint density at radius 3 is 3.24 bits per heavy atom. The number of fused-ring (bicyclic) bond motifs is 5. The topological polar surface area (TPSA) is 59.8 Å². The Morgan fingerprint density at radius 1 is 1.48 bits per heavy atom. The third kappa shape index (κ3) is 2.21. The molecule has 2 fully saturated rings. The molecule has 2 saturated heterocycles. The SMILES string of the molecule is COc1ccc2c(c1)C1CCN3OCSCC(N)C3C1N2. The van der Waals surface area contributed by atoms with Crippen LogP contribution in [0.3, 0.4) is 0 Å². The van der Waals surface area contributed by atoms with Gasteiger partial charge >= 0.3 is 0 Å². The van der Waals surface area contributed by atoms with Gasteiger partial charge in [0.25, 0.3) is 0 Å². The zero-order valence-corrected chi connectivity index (χ0v) is 12.9. The minimum absolute atomic E-state index is 0.133. The van der Waals surface area contributed by atoms with Gasteiger partial charge in [-0.3, -0.25) is 4.84 Å². The molecule has 3 aliphatic rings. The lowest BCUT2D eigenvalue weighted by Gasteiger charge is -2.43. The largest absolute Gasteiger partial charge is 0.497 e. The van der Waals surface area contributed by atoms with Crippen molar-refractivity contribution in [3.05, 3.63) is 23.8 Å². The van der Waals surface area contributed by atoms with Gasteiger partial charge in [0, 0.05) is 29.9 Å². The van der Waals surface area contributed by atoms with E-state index in [4.69, 9.17) is 15.3 Å². The molecule has 0 radical (unpaired) electrons. The zero-order valence-electron chi connectivity index (χ0n) is 12.1. The summed E-state index contributed by atoms with van der Waals surface area (Å²) in [6.45, 7) is 0.943. The summed E-state index contributed by atoms with van der Waals surface area (Å²) in [6, 6.07) is 7.00. The highest BCUT2D eigenvalue weighted by molar-refractivity contribution is 7.99. The molecule has 5 nitrogen and oxygen atoms in total. The van der Waals surface area contributed by atoms with Gasteiger partial charge in [0.2, 0.25) is 0 Å². The summed E-state index contributed by atoms with van der Waals surface area (Å²) < 4.78 is 5.38. The fraction of sp³-hybridized carbons (Fsp3) is 0.600. The Bertz CT molecular complexity index is 542. The van der Waals surface area contributed by atoms with E-state index in [-0.39, 0.29) is 12.1 Å². The Kier molecular flexibility index (Phi) is 3.49. The molecule has 4 rings (SSSR count). The number of hydroxylamine groups is 2. The van der Waals surface area contributed by atoms with Crippen LogP contribution in [0.2, 0.25) is 0 Å². The highest BCUT2D eigenvalue weighted by Crippen LogP contribution is 2.45. The van der Waals surface area contributed by atoms with E-state index < -0.39 is 0 Å². The lowest BCUT2D eigenvalue weighted by atomic mass is 9.82. The van der Waals surface area contributed by atoms with E-state index in [9.17, 15) is 0 Å². The third-order valence-electron chi connectivity index (χ3n) is 4.83. The second-order valence-electron chi connectivity index (χ2n) is 5.93. The van der Waals surface area contributed by atoms with E-state index in [1.165, 1.54) is 11.3 Å². The van der Waals surface area contributed by atoms with Crippen LogP contribution in [0.1, 0.15) is 17.9 Å². The molecular formula is C15H21N3O2S. The molecule has 0 saturated carbocycles. The predicted molar refractivity (Wildman–Crippen MR) is 84.6 cm³/mol. The number of piperidine rings is 1. The minimum Gasteiger partial charge on any atom is -0.497 e. The number of nitrogens with zero attached hydrogens (tertiary/aromatic N) is 1. The van der Waals surface area contributed by atoms with Crippen LogP contribution in [0, 0.1) is 0 Å². The van der Waals surface area contributed by atoms with Gasteiger partial charge in [0.15, 0.2) is 0 Å². The smallest absolute Gasteiger partial charge is 0.119 e. The maximum Gasteiger partial charge on any atom is 0.119 e. The Morgan fingerprint density at radius 2 is 2.38 bits per heavy atom. The average Bonchev–Trinajstić information content (AvgIpc) is 2.77. The summed E-state index contributed by atoms with van der Waals surface area (Å²) in [4.78, 5) is 5.88. The van der Waals surface area contributed by atoms with Gasteiger partial charge in [-0.1, -0.05) is 0 Å². The van der Waals surface area contributed by atoms with Crippen molar-refractivity contribution in [2.45, 2.75) is 30.5 Å². The lowest BCUT2D eigenvalue weighted by molar-refractivity contribution is -0.186. The molecule has 114 valence electrons. The molecule has 3 N–H and O–H groups in total. The van der Waals surface area contributed by atoms with E-state index in [0.717, 1.165) is 24.5 Å². The molecule has 0 amide bonds. The van der Waals surface area contributed by atoms with Gasteiger partial charge in [0.05, 0.1) is 19.2 Å². The van der Waals surface area contributed by atoms with E-state index in [0.29, 0.717) is 17.9 Å². The summed E-state index contributed by atoms with van der Waals surface area (Å²) >= 11 is 1.78. The molecule has 21 heavy (non-hydrogen) atoms. The molecule has 4 atom stereocenters. The molecule has 0 aliphatic carbocycles. The highest BCUT2D eigenvalue weighted by atomic mass is 32.2. The summed E-state index contributed by atoms with van der Waals surface area (Å²) in [5.41, 5.74) is 9.01. The van der Waals surface area contributed by atoms with E-state index in [2.05, 4.69) is 22.5 Å². The number of methoxy groups -OCH3 is 1. The Hall–Kier alpha value is -0.950. The molecule has 0 aromatic heterocycles. The van der Waals surface area contributed by atoms with Crippen LogP contribution in [-0.2, 0) is 4.84 Å². The number of hydrogen-bond acceptors (Lipinski definition) is 6. The lowest BCUT2D eigenvalue weighted by Crippen LogP contribution is -2.60. The number of benzene rings is 1. The number of nitrogens with two attached hydrogens (primary N) is 1. The first-order valence-corrected chi connectivity index (χ1v) is 8.61. The minimum atomic E-state index is 0.133. The number of anilines is 1. The first-order valence-electron chi connectivity index (χ1n) is 7.45. The monoisotopic (exact) mass is 307 g/mol. The van der Waals surface area contributed by atoms with Crippen LogP contribution in [0.25, 0.3) is 0 Å². The highest BCUT2D eigenvalue weighted by Gasteiger charge is 2.47. The van der Waals surface area contributed by atoms with E-state index in [1.807, 2.05) is 6.07 Å². The van der Waals surface area contributed by atoms with Crippen molar-refractivity contribution in [2.75, 3.05) is 30.7 Å². The number of nitrogens with one attached hydrogen (secondary N) is 1. The standard InChI is InChI=1S/C15H21N3O2S/c1-19-9-2-3-13-11(6-9)10-4-5-18-15(14(10)17-13)12(16)7-21-8-20-18/h2-3,6,10,12,14-15,17H,4-5,7-8,16H2,1H3. The van der Waals surface area contributed by atoms with Crippen LogP contribution in [0.5, 0.6) is 5.75 Å². The number of thioether (sulfide) groups is 1. The maximum atomic E-state index is 6.43. The number of rotatable bonds is 1. The second-order valence-corrected chi connectivity index (χ2v) is 6.91. The fourth-order valence-corrected chi connectivity index (χ4v) is 4.63. The molecular weight excluding hydrogens is 286 g/mol. The molecule has 0 bridgehead atoms. The summed E-state index contributed by atoms with van der Waals surface area (Å²) in [5.74, 6) is 3.08. The number of ether oxygens (including phenoxy) is 1. The maximum absolute atomic E-state index is 6.43. The average molecular weight is 307 g/mol. The van der Waals surface area contributed by atoms with Crippen molar-refractivity contribution in [2.24, 2.45) is 5.73 Å². The Balaban J connectivity index is 1.67. The Labute approximate surface area is 129 Å². The van der Waals surface area contributed by atoms with E-state index in [1.54, 1.807) is 18.9 Å². The first-order chi connectivity index (χ1) is 10.3. The summed E-state index contributed by atoms with van der Waals surface area (Å²) in [6.07, 6.45) is 1.09. The predicted octanol–water partition coefficient (Wildman–Crippen LogP) is 1.61. The van der Waals surface area contributed by atoms with Crippen LogP contribution >= 0.6 is 11.8 Å². The van der Waals surface area contributed by atoms with Crippen molar-refractivity contribution in [1.29, 1.82) is 0 Å². The van der Waals surface area contributed by atoms with Crippen molar-refractivity contribution >= 4 is 17.4 Å². The van der Waals surface area contributed by atoms with Crippen molar-refractivity contribution in [3.8, 4) is 5.75 Å². The van der Waals surface area contributed by atoms with E-state index >= 15 is 0 Å². The molecule has 1 aromatic rings. The van der Waals surface area contributed by atoms with Gasteiger partial charge in [-0.15, -0.1) is 11.8 Å². The van der Waals surface area contributed by atoms with Gasteiger partial charge in [-0.2, -0.15) is 5.06 Å². The fourth-order valence-electron chi connectivity index (χ4n) is 3.85. The quantitative estimate of drug-likeness (QED) is 0.822. The van der Waals surface area contributed by atoms with Gasteiger partial charge in [-0.25, -0.2) is 0 Å². The third-order valence-corrected chi connectivity index (χ3v) is 5.72. The van der Waals surface area contributed by atoms with Crippen molar-refractivity contribution in [3.63, 3.8) is 0 Å². The van der Waals surface area contributed by atoms with Crippen molar-refractivity contribution in [1.82, 2.24) is 5.06 Å². The summed E-state index contributed by atoms with van der Waals surface area (Å²) in [5, 5.41) is 5.79. The molecule has 1 aromatic carbocycles. The van der Waals surface area contributed by atoms with Crippen LogP contribution in [0.15, 0.2) is 18.2 Å². The number of hydrogen-bond donors (Lipinski definition) is 2. The second kappa shape index (κ2) is 5.35. The summed E-state index contributed by atoms with van der Waals surface area (Å²) in [7, 11) is 1.72. The van der Waals surface area contributed by atoms with Crippen LogP contribution in [-0.4, -0.2) is 48.5 Å². The first kappa shape index (κ1) is 13.7. The van der Waals surface area contributed by atoms with Crippen LogP contribution < -0.4 is 15.8 Å². The molecule has 4 unspecified atom stereocenters. The normalized spacial score (nSPS) is 35.1. The van der Waals surface area contributed by atoms with Gasteiger partial charge < -0.3 is 15.8 Å². The van der Waals surface area contributed by atoms with Crippen LogP contribution in [0.4, 0.5) is 5.69 Å². The van der Waals surface area contributed by atoms with Crippen molar-refractivity contribution < 1.29 is 9.57 Å². The molecule has 6 heteroatoms. The molecule has 3 aliphatic heterocycles.